The molecule has 1 heterocycles. The summed E-state index contributed by atoms with van der Waals surface area (Å²) in [4.78, 5) is 11.8. The van der Waals surface area contributed by atoms with Gasteiger partial charge >= 0.3 is 5.97 Å². The summed E-state index contributed by atoms with van der Waals surface area (Å²) in [6, 6.07) is 3.99. The standard InChI is InChI=1S/C15H21N3O2/c1-10(2)5-6-20-15(19)9-18-14-8-12(4)11(3)7-13(14)16-17-18/h7-8,10H,5-6,9H2,1-4H3. The van der Waals surface area contributed by atoms with Gasteiger partial charge in [-0.25, -0.2) is 4.68 Å². The molecule has 0 N–H and O–H groups in total. The molecule has 0 aliphatic carbocycles. The second-order valence-electron chi connectivity index (χ2n) is 5.58. The number of hydrogen-bond donors (Lipinski definition) is 0. The van der Waals surface area contributed by atoms with Crippen LogP contribution in [0, 0.1) is 19.8 Å². The minimum Gasteiger partial charge on any atom is -0.464 e. The van der Waals surface area contributed by atoms with Gasteiger partial charge in [-0.05, 0) is 49.4 Å². The van der Waals surface area contributed by atoms with Crippen LogP contribution in [0.25, 0.3) is 11.0 Å². The van der Waals surface area contributed by atoms with Crippen molar-refractivity contribution in [2.75, 3.05) is 6.61 Å². The summed E-state index contributed by atoms with van der Waals surface area (Å²) >= 11 is 0. The molecule has 0 aliphatic rings. The number of carbonyl (C=O) groups is 1. The van der Waals surface area contributed by atoms with Gasteiger partial charge in [-0.2, -0.15) is 0 Å². The molecule has 0 fully saturated rings. The number of rotatable bonds is 5. The molecule has 0 radical (unpaired) electrons. The van der Waals surface area contributed by atoms with E-state index in [1.807, 2.05) is 26.0 Å². The largest absolute Gasteiger partial charge is 0.464 e. The number of aromatic nitrogens is 3. The highest BCUT2D eigenvalue weighted by Crippen LogP contribution is 2.17. The van der Waals surface area contributed by atoms with Crippen LogP contribution in [-0.2, 0) is 16.1 Å². The zero-order chi connectivity index (χ0) is 14.7. The SMILES string of the molecule is Cc1cc2nnn(CC(=O)OCCC(C)C)c2cc1C. The summed E-state index contributed by atoms with van der Waals surface area (Å²) in [5, 5.41) is 8.11. The maximum atomic E-state index is 11.8. The van der Waals surface area contributed by atoms with E-state index in [4.69, 9.17) is 4.74 Å². The molecule has 0 atom stereocenters. The van der Waals surface area contributed by atoms with Gasteiger partial charge in [-0.15, -0.1) is 5.10 Å². The Bertz CT molecular complexity index is 617. The van der Waals surface area contributed by atoms with Gasteiger partial charge in [0, 0.05) is 0 Å². The highest BCUT2D eigenvalue weighted by atomic mass is 16.5. The molecular formula is C15H21N3O2. The summed E-state index contributed by atoms with van der Waals surface area (Å²) in [7, 11) is 0. The summed E-state index contributed by atoms with van der Waals surface area (Å²) in [6.07, 6.45) is 0.877. The molecule has 0 bridgehead atoms. The molecular weight excluding hydrogens is 254 g/mol. The van der Waals surface area contributed by atoms with Crippen molar-refractivity contribution in [1.29, 1.82) is 0 Å². The number of ether oxygens (including phenoxy) is 1. The Morgan fingerprint density at radius 3 is 2.70 bits per heavy atom. The zero-order valence-electron chi connectivity index (χ0n) is 12.5. The molecule has 0 aliphatic heterocycles. The Balaban J connectivity index is 2.06. The van der Waals surface area contributed by atoms with E-state index >= 15 is 0 Å². The lowest BCUT2D eigenvalue weighted by molar-refractivity contribution is -0.144. The Kier molecular flexibility index (Phi) is 4.37. The summed E-state index contributed by atoms with van der Waals surface area (Å²) in [5.41, 5.74) is 4.01. The lowest BCUT2D eigenvalue weighted by atomic mass is 10.1. The first kappa shape index (κ1) is 14.5. The number of benzene rings is 1. The van der Waals surface area contributed by atoms with Crippen molar-refractivity contribution in [3.8, 4) is 0 Å². The Morgan fingerprint density at radius 1 is 1.30 bits per heavy atom. The van der Waals surface area contributed by atoms with Crippen molar-refractivity contribution < 1.29 is 9.53 Å². The minimum absolute atomic E-state index is 0.108. The fraction of sp³-hybridized carbons (Fsp3) is 0.533. The van der Waals surface area contributed by atoms with Gasteiger partial charge in [0.2, 0.25) is 0 Å². The van der Waals surface area contributed by atoms with Crippen molar-refractivity contribution in [2.24, 2.45) is 5.92 Å². The van der Waals surface area contributed by atoms with E-state index in [2.05, 4.69) is 24.2 Å². The van der Waals surface area contributed by atoms with Crippen molar-refractivity contribution in [2.45, 2.75) is 40.7 Å². The van der Waals surface area contributed by atoms with Gasteiger partial charge in [-0.1, -0.05) is 19.1 Å². The Labute approximate surface area is 118 Å². The van der Waals surface area contributed by atoms with Crippen molar-refractivity contribution in [3.05, 3.63) is 23.3 Å². The average molecular weight is 275 g/mol. The van der Waals surface area contributed by atoms with E-state index in [9.17, 15) is 4.79 Å². The molecule has 2 aromatic rings. The fourth-order valence-electron chi connectivity index (χ4n) is 1.92. The first-order valence-electron chi connectivity index (χ1n) is 6.93. The van der Waals surface area contributed by atoms with Crippen molar-refractivity contribution >= 4 is 17.0 Å². The molecule has 108 valence electrons. The predicted octanol–water partition coefficient (Wildman–Crippen LogP) is 2.64. The second kappa shape index (κ2) is 6.03. The number of nitrogens with zero attached hydrogens (tertiary/aromatic N) is 3. The van der Waals surface area contributed by atoms with E-state index in [-0.39, 0.29) is 12.5 Å². The molecule has 5 heteroatoms. The first-order chi connectivity index (χ1) is 9.47. The molecule has 5 nitrogen and oxygen atoms in total. The highest BCUT2D eigenvalue weighted by Gasteiger charge is 2.11. The van der Waals surface area contributed by atoms with E-state index in [1.165, 1.54) is 5.56 Å². The topological polar surface area (TPSA) is 57.0 Å². The highest BCUT2D eigenvalue weighted by molar-refractivity contribution is 5.78. The van der Waals surface area contributed by atoms with Crippen LogP contribution in [-0.4, -0.2) is 27.6 Å². The molecule has 0 spiro atoms. The van der Waals surface area contributed by atoms with Crippen molar-refractivity contribution in [1.82, 2.24) is 15.0 Å². The van der Waals surface area contributed by atoms with Gasteiger partial charge in [0.1, 0.15) is 12.1 Å². The van der Waals surface area contributed by atoms with Gasteiger partial charge in [0.15, 0.2) is 0 Å². The van der Waals surface area contributed by atoms with E-state index in [0.29, 0.717) is 12.5 Å². The molecule has 0 amide bonds. The molecule has 1 aromatic heterocycles. The fourth-order valence-corrected chi connectivity index (χ4v) is 1.92. The van der Waals surface area contributed by atoms with Crippen LogP contribution < -0.4 is 0 Å². The maximum absolute atomic E-state index is 11.8. The summed E-state index contributed by atoms with van der Waals surface area (Å²) < 4.78 is 6.80. The third-order valence-corrected chi connectivity index (χ3v) is 3.37. The van der Waals surface area contributed by atoms with Crippen LogP contribution in [0.5, 0.6) is 0 Å². The van der Waals surface area contributed by atoms with Crippen LogP contribution in [0.1, 0.15) is 31.4 Å². The van der Waals surface area contributed by atoms with E-state index in [1.54, 1.807) is 4.68 Å². The van der Waals surface area contributed by atoms with Crippen LogP contribution in [0.4, 0.5) is 0 Å². The Morgan fingerprint density at radius 2 is 2.00 bits per heavy atom. The van der Waals surface area contributed by atoms with E-state index in [0.717, 1.165) is 23.0 Å². The monoisotopic (exact) mass is 275 g/mol. The van der Waals surface area contributed by atoms with Crippen LogP contribution in [0.3, 0.4) is 0 Å². The van der Waals surface area contributed by atoms with Crippen LogP contribution >= 0.6 is 0 Å². The van der Waals surface area contributed by atoms with Crippen LogP contribution in [0.15, 0.2) is 12.1 Å². The van der Waals surface area contributed by atoms with Gasteiger partial charge in [0.05, 0.1) is 12.1 Å². The van der Waals surface area contributed by atoms with Crippen LogP contribution in [0.2, 0.25) is 0 Å². The summed E-state index contributed by atoms with van der Waals surface area (Å²) in [5.74, 6) is 0.260. The van der Waals surface area contributed by atoms with Gasteiger partial charge < -0.3 is 4.74 Å². The summed E-state index contributed by atoms with van der Waals surface area (Å²) in [6.45, 7) is 8.84. The molecule has 0 saturated heterocycles. The molecule has 20 heavy (non-hydrogen) atoms. The smallest absolute Gasteiger partial charge is 0.327 e. The maximum Gasteiger partial charge on any atom is 0.327 e. The lowest BCUT2D eigenvalue weighted by Crippen LogP contribution is -2.16. The molecule has 0 saturated carbocycles. The number of aryl methyl sites for hydroxylation is 2. The van der Waals surface area contributed by atoms with Gasteiger partial charge in [0.25, 0.3) is 0 Å². The normalized spacial score (nSPS) is 11.2. The molecule has 2 rings (SSSR count). The number of carbonyl (C=O) groups excluding carboxylic acids is 1. The molecule has 1 aromatic carbocycles. The zero-order valence-corrected chi connectivity index (χ0v) is 12.5. The lowest BCUT2D eigenvalue weighted by Gasteiger charge is -2.07. The number of fused-ring (bicyclic) bond motifs is 1. The number of hydrogen-bond acceptors (Lipinski definition) is 4. The third-order valence-electron chi connectivity index (χ3n) is 3.37. The quantitative estimate of drug-likeness (QED) is 0.787. The first-order valence-corrected chi connectivity index (χ1v) is 6.93. The third kappa shape index (κ3) is 3.35. The van der Waals surface area contributed by atoms with Gasteiger partial charge in [-0.3, -0.25) is 4.79 Å². The predicted molar refractivity (Wildman–Crippen MR) is 77.4 cm³/mol. The second-order valence-corrected chi connectivity index (χ2v) is 5.58. The van der Waals surface area contributed by atoms with E-state index < -0.39 is 0 Å². The number of esters is 1. The van der Waals surface area contributed by atoms with Crippen molar-refractivity contribution in [3.63, 3.8) is 0 Å². The average Bonchev–Trinajstić information content (AvgIpc) is 2.72. The molecule has 0 unspecified atom stereocenters. The Hall–Kier alpha value is -1.91. The minimum atomic E-state index is -0.268.